The van der Waals surface area contributed by atoms with Gasteiger partial charge in [0.25, 0.3) is 0 Å². The molecule has 0 saturated carbocycles. The van der Waals surface area contributed by atoms with Gasteiger partial charge in [-0.2, -0.15) is 5.10 Å². The van der Waals surface area contributed by atoms with Gasteiger partial charge in [0.05, 0.1) is 11.9 Å². The number of benzene rings is 2. The molecule has 1 aliphatic heterocycles. The van der Waals surface area contributed by atoms with Crippen LogP contribution in [0.3, 0.4) is 0 Å². The Kier molecular flexibility index (Phi) is 4.64. The third-order valence-corrected chi connectivity index (χ3v) is 6.62. The van der Waals surface area contributed by atoms with Crippen molar-refractivity contribution in [2.45, 2.75) is 17.4 Å². The first-order valence-electron chi connectivity index (χ1n) is 9.72. The summed E-state index contributed by atoms with van der Waals surface area (Å²) >= 11 is 1.60. The van der Waals surface area contributed by atoms with Crippen LogP contribution in [0.25, 0.3) is 10.9 Å². The maximum absolute atomic E-state index is 13.1. The van der Waals surface area contributed by atoms with Gasteiger partial charge in [0.2, 0.25) is 5.91 Å². The van der Waals surface area contributed by atoms with Crippen LogP contribution in [0, 0.1) is 0 Å². The average molecular weight is 403 g/mol. The average Bonchev–Trinajstić information content (AvgIpc) is 3.37. The maximum atomic E-state index is 13.1. The van der Waals surface area contributed by atoms with E-state index in [4.69, 9.17) is 0 Å². The van der Waals surface area contributed by atoms with Crippen LogP contribution < -0.4 is 0 Å². The van der Waals surface area contributed by atoms with E-state index in [1.807, 2.05) is 47.2 Å². The molecule has 1 atom stereocenters. The van der Waals surface area contributed by atoms with Gasteiger partial charge in [-0.15, -0.1) is 11.8 Å². The lowest BCUT2D eigenvalue weighted by atomic mass is 9.86. The standard InChI is InChI=1S/C23H22N4OS/c1-26-12-17(10-25-26)20-14-27(13-16-6-2-3-7-18(16)20)23(28)15-29-22-11-24-21-9-5-4-8-19(21)22/h2-12,20,24H,13-15H2,1H3. The molecule has 1 aliphatic rings. The highest BCUT2D eigenvalue weighted by Crippen LogP contribution is 2.34. The Labute approximate surface area is 173 Å². The number of hydrogen-bond donors (Lipinski definition) is 1. The minimum atomic E-state index is 0.163. The van der Waals surface area contributed by atoms with Gasteiger partial charge in [-0.3, -0.25) is 9.48 Å². The number of carbonyl (C=O) groups is 1. The van der Waals surface area contributed by atoms with Crippen molar-refractivity contribution in [3.8, 4) is 0 Å². The Bertz CT molecular complexity index is 1180. The molecule has 6 heteroatoms. The normalized spacial score (nSPS) is 16.2. The van der Waals surface area contributed by atoms with Crippen molar-refractivity contribution in [1.29, 1.82) is 0 Å². The second kappa shape index (κ2) is 7.44. The van der Waals surface area contributed by atoms with Crippen LogP contribution in [-0.2, 0) is 18.4 Å². The van der Waals surface area contributed by atoms with Crippen molar-refractivity contribution in [3.05, 3.63) is 83.8 Å². The Balaban J connectivity index is 1.36. The van der Waals surface area contributed by atoms with E-state index in [9.17, 15) is 4.79 Å². The number of fused-ring (bicyclic) bond motifs is 2. The number of para-hydroxylation sites is 1. The zero-order valence-corrected chi connectivity index (χ0v) is 17.0. The summed E-state index contributed by atoms with van der Waals surface area (Å²) in [7, 11) is 1.93. The van der Waals surface area contributed by atoms with Gasteiger partial charge in [0.1, 0.15) is 0 Å². The molecule has 5 rings (SSSR count). The van der Waals surface area contributed by atoms with Gasteiger partial charge in [-0.1, -0.05) is 42.5 Å². The fraction of sp³-hybridized carbons (Fsp3) is 0.217. The molecule has 146 valence electrons. The summed E-state index contributed by atoms with van der Waals surface area (Å²) in [5.74, 6) is 0.767. The molecule has 1 unspecified atom stereocenters. The van der Waals surface area contributed by atoms with E-state index in [1.54, 1.807) is 11.8 Å². The lowest BCUT2D eigenvalue weighted by Gasteiger charge is -2.34. The monoisotopic (exact) mass is 402 g/mol. The summed E-state index contributed by atoms with van der Waals surface area (Å²) in [6, 6.07) is 16.6. The second-order valence-electron chi connectivity index (χ2n) is 7.46. The number of nitrogens with zero attached hydrogens (tertiary/aromatic N) is 3. The number of thioether (sulfide) groups is 1. The van der Waals surface area contributed by atoms with E-state index in [2.05, 4.69) is 46.6 Å². The number of H-pyrrole nitrogens is 1. The molecule has 0 bridgehead atoms. The van der Waals surface area contributed by atoms with Crippen molar-refractivity contribution >= 4 is 28.6 Å². The summed E-state index contributed by atoms with van der Waals surface area (Å²) in [6.07, 6.45) is 5.96. The highest BCUT2D eigenvalue weighted by molar-refractivity contribution is 8.00. The Morgan fingerprint density at radius 2 is 2.03 bits per heavy atom. The molecule has 5 nitrogen and oxygen atoms in total. The number of nitrogens with one attached hydrogen (secondary N) is 1. The van der Waals surface area contributed by atoms with Crippen molar-refractivity contribution < 1.29 is 4.79 Å². The molecule has 4 aromatic rings. The van der Waals surface area contributed by atoms with Crippen molar-refractivity contribution in [2.75, 3.05) is 12.3 Å². The third kappa shape index (κ3) is 3.44. The predicted octanol–water partition coefficient (Wildman–Crippen LogP) is 4.17. The van der Waals surface area contributed by atoms with Crippen molar-refractivity contribution in [2.24, 2.45) is 7.05 Å². The van der Waals surface area contributed by atoms with E-state index < -0.39 is 0 Å². The van der Waals surface area contributed by atoms with Crippen molar-refractivity contribution in [1.82, 2.24) is 19.7 Å². The minimum absolute atomic E-state index is 0.163. The fourth-order valence-corrected chi connectivity index (χ4v) is 5.03. The van der Waals surface area contributed by atoms with E-state index >= 15 is 0 Å². The molecule has 3 heterocycles. The Morgan fingerprint density at radius 1 is 1.21 bits per heavy atom. The SMILES string of the molecule is Cn1cc(C2CN(C(=O)CSc3c[nH]c4ccccc34)Cc3ccccc32)cn1. The first-order valence-corrected chi connectivity index (χ1v) is 10.7. The molecule has 2 aromatic heterocycles. The molecule has 0 fully saturated rings. The summed E-state index contributed by atoms with van der Waals surface area (Å²) in [5.41, 5.74) is 4.78. The molecule has 0 aliphatic carbocycles. The molecule has 2 aromatic carbocycles. The number of aryl methyl sites for hydroxylation is 1. The summed E-state index contributed by atoms with van der Waals surface area (Å²) in [5, 5.41) is 5.51. The summed E-state index contributed by atoms with van der Waals surface area (Å²) < 4.78 is 1.82. The smallest absolute Gasteiger partial charge is 0.233 e. The first kappa shape index (κ1) is 18.1. The number of aromatic nitrogens is 3. The predicted molar refractivity (Wildman–Crippen MR) is 116 cm³/mol. The number of rotatable bonds is 4. The van der Waals surface area contributed by atoms with Crippen LogP contribution in [0.2, 0.25) is 0 Å². The quantitative estimate of drug-likeness (QED) is 0.521. The van der Waals surface area contributed by atoms with E-state index in [0.717, 1.165) is 16.0 Å². The number of aromatic amines is 1. The molecule has 1 amide bonds. The molecule has 1 N–H and O–H groups in total. The van der Waals surface area contributed by atoms with E-state index in [-0.39, 0.29) is 11.8 Å². The molecule has 29 heavy (non-hydrogen) atoms. The summed E-state index contributed by atoms with van der Waals surface area (Å²) in [4.78, 5) is 19.5. The molecular weight excluding hydrogens is 380 g/mol. The lowest BCUT2D eigenvalue weighted by molar-refractivity contribution is -0.129. The van der Waals surface area contributed by atoms with Crippen LogP contribution in [0.5, 0.6) is 0 Å². The van der Waals surface area contributed by atoms with Crippen LogP contribution >= 0.6 is 11.8 Å². The lowest BCUT2D eigenvalue weighted by Crippen LogP contribution is -2.39. The maximum Gasteiger partial charge on any atom is 0.233 e. The summed E-state index contributed by atoms with van der Waals surface area (Å²) in [6.45, 7) is 1.36. The minimum Gasteiger partial charge on any atom is -0.360 e. The van der Waals surface area contributed by atoms with Gasteiger partial charge in [-0.25, -0.2) is 0 Å². The molecule has 0 radical (unpaired) electrons. The third-order valence-electron chi connectivity index (χ3n) is 5.58. The largest absolute Gasteiger partial charge is 0.360 e. The molecule has 0 saturated heterocycles. The van der Waals surface area contributed by atoms with Gasteiger partial charge in [-0.05, 0) is 22.8 Å². The van der Waals surface area contributed by atoms with Gasteiger partial charge < -0.3 is 9.88 Å². The highest BCUT2D eigenvalue weighted by Gasteiger charge is 2.29. The fourth-order valence-electron chi connectivity index (χ4n) is 4.10. The van der Waals surface area contributed by atoms with Gasteiger partial charge >= 0.3 is 0 Å². The van der Waals surface area contributed by atoms with Gasteiger partial charge in [0.15, 0.2) is 0 Å². The highest BCUT2D eigenvalue weighted by atomic mass is 32.2. The first-order chi connectivity index (χ1) is 14.2. The van der Waals surface area contributed by atoms with Crippen LogP contribution in [-0.4, -0.2) is 37.9 Å². The Morgan fingerprint density at radius 3 is 2.90 bits per heavy atom. The molecular formula is C23H22N4OS. The van der Waals surface area contributed by atoms with E-state index in [1.165, 1.54) is 16.5 Å². The number of amides is 1. The number of hydrogen-bond acceptors (Lipinski definition) is 3. The Hall–Kier alpha value is -2.99. The van der Waals surface area contributed by atoms with Crippen LogP contribution in [0.15, 0.2) is 72.0 Å². The van der Waals surface area contributed by atoms with Gasteiger partial charge in [0, 0.05) is 54.2 Å². The second-order valence-corrected chi connectivity index (χ2v) is 8.48. The molecule has 0 spiro atoms. The van der Waals surface area contributed by atoms with E-state index in [0.29, 0.717) is 18.8 Å². The zero-order valence-electron chi connectivity index (χ0n) is 16.2. The van der Waals surface area contributed by atoms with Crippen LogP contribution in [0.4, 0.5) is 0 Å². The topological polar surface area (TPSA) is 53.9 Å². The van der Waals surface area contributed by atoms with Crippen molar-refractivity contribution in [3.63, 3.8) is 0 Å². The van der Waals surface area contributed by atoms with Crippen LogP contribution in [0.1, 0.15) is 22.6 Å². The zero-order chi connectivity index (χ0) is 19.8. The number of carbonyl (C=O) groups excluding carboxylic acids is 1.